The number of halogens is 1. The van der Waals surface area contributed by atoms with Gasteiger partial charge in [-0.25, -0.2) is 9.18 Å². The molecule has 0 saturated carbocycles. The van der Waals surface area contributed by atoms with Crippen molar-refractivity contribution in [3.05, 3.63) is 59.9 Å². The highest BCUT2D eigenvalue weighted by atomic mass is 19.1. The molecule has 2 saturated heterocycles. The molecule has 30 heavy (non-hydrogen) atoms. The van der Waals surface area contributed by atoms with Gasteiger partial charge in [0.25, 0.3) is 5.91 Å². The molecule has 2 aromatic carbocycles. The fourth-order valence-electron chi connectivity index (χ4n) is 4.51. The predicted molar refractivity (Wildman–Crippen MR) is 112 cm³/mol. The Balaban J connectivity index is 1.39. The molecule has 158 valence electrons. The van der Waals surface area contributed by atoms with E-state index in [0.29, 0.717) is 30.9 Å². The SMILES string of the molecule is COc1ccc(C(=O)N2CCC[C@@]3(CCN(C(=O)Nc4cccc(F)c4)C3)C2)cc1. The van der Waals surface area contributed by atoms with Gasteiger partial charge in [0.1, 0.15) is 11.6 Å². The van der Waals surface area contributed by atoms with E-state index in [2.05, 4.69) is 5.32 Å². The number of likely N-dealkylation sites (tertiary alicyclic amines) is 2. The lowest BCUT2D eigenvalue weighted by atomic mass is 9.79. The highest BCUT2D eigenvalue weighted by Gasteiger charge is 2.43. The van der Waals surface area contributed by atoms with Gasteiger partial charge in [-0.15, -0.1) is 0 Å². The van der Waals surface area contributed by atoms with Crippen LogP contribution in [-0.2, 0) is 0 Å². The largest absolute Gasteiger partial charge is 0.497 e. The van der Waals surface area contributed by atoms with Gasteiger partial charge in [-0.1, -0.05) is 6.07 Å². The first kappa shape index (κ1) is 20.2. The van der Waals surface area contributed by atoms with Gasteiger partial charge in [-0.2, -0.15) is 0 Å². The Hall–Kier alpha value is -3.09. The van der Waals surface area contributed by atoms with E-state index >= 15 is 0 Å². The molecular formula is C23H26FN3O3. The second-order valence-electron chi connectivity index (χ2n) is 8.17. The Labute approximate surface area is 175 Å². The zero-order valence-corrected chi connectivity index (χ0v) is 17.1. The highest BCUT2D eigenvalue weighted by Crippen LogP contribution is 2.39. The first-order chi connectivity index (χ1) is 14.5. The number of nitrogens with zero attached hydrogens (tertiary/aromatic N) is 2. The van der Waals surface area contributed by atoms with Crippen LogP contribution in [-0.4, -0.2) is 55.0 Å². The van der Waals surface area contributed by atoms with E-state index in [1.54, 1.807) is 48.4 Å². The maximum absolute atomic E-state index is 13.4. The molecule has 1 atom stereocenters. The summed E-state index contributed by atoms with van der Waals surface area (Å²) < 4.78 is 18.5. The monoisotopic (exact) mass is 411 g/mol. The minimum Gasteiger partial charge on any atom is -0.497 e. The zero-order valence-electron chi connectivity index (χ0n) is 17.1. The van der Waals surface area contributed by atoms with Crippen molar-refractivity contribution >= 4 is 17.6 Å². The van der Waals surface area contributed by atoms with Crippen molar-refractivity contribution in [2.75, 3.05) is 38.6 Å². The molecule has 6 nitrogen and oxygen atoms in total. The van der Waals surface area contributed by atoms with Gasteiger partial charge in [0, 0.05) is 42.8 Å². The van der Waals surface area contributed by atoms with Crippen LogP contribution < -0.4 is 10.1 Å². The van der Waals surface area contributed by atoms with Crippen LogP contribution in [0.5, 0.6) is 5.75 Å². The number of nitrogens with one attached hydrogen (secondary N) is 1. The van der Waals surface area contributed by atoms with E-state index in [1.807, 2.05) is 4.90 Å². The van der Waals surface area contributed by atoms with Crippen LogP contribution in [0.1, 0.15) is 29.6 Å². The topological polar surface area (TPSA) is 61.9 Å². The molecular weight excluding hydrogens is 385 g/mol. The van der Waals surface area contributed by atoms with Gasteiger partial charge in [0.15, 0.2) is 0 Å². The van der Waals surface area contributed by atoms with Gasteiger partial charge in [-0.05, 0) is 61.7 Å². The van der Waals surface area contributed by atoms with Crippen molar-refractivity contribution in [1.82, 2.24) is 9.80 Å². The molecule has 2 aliphatic rings. The molecule has 2 heterocycles. The number of benzene rings is 2. The van der Waals surface area contributed by atoms with Crippen molar-refractivity contribution in [2.45, 2.75) is 19.3 Å². The molecule has 3 amide bonds. The number of hydrogen-bond acceptors (Lipinski definition) is 3. The predicted octanol–water partition coefficient (Wildman–Crippen LogP) is 3.99. The van der Waals surface area contributed by atoms with E-state index in [4.69, 9.17) is 4.74 Å². The van der Waals surface area contributed by atoms with Crippen LogP contribution >= 0.6 is 0 Å². The number of urea groups is 1. The molecule has 2 fully saturated rings. The number of methoxy groups -OCH3 is 1. The smallest absolute Gasteiger partial charge is 0.321 e. The van der Waals surface area contributed by atoms with Crippen LogP contribution in [0.15, 0.2) is 48.5 Å². The molecule has 0 radical (unpaired) electrons. The number of hydrogen-bond donors (Lipinski definition) is 1. The second kappa shape index (κ2) is 8.34. The van der Waals surface area contributed by atoms with Crippen molar-refractivity contribution < 1.29 is 18.7 Å². The van der Waals surface area contributed by atoms with Crippen molar-refractivity contribution in [1.29, 1.82) is 0 Å². The lowest BCUT2D eigenvalue weighted by Crippen LogP contribution is -2.48. The van der Waals surface area contributed by atoms with E-state index in [9.17, 15) is 14.0 Å². The maximum atomic E-state index is 13.4. The minimum absolute atomic E-state index is 0.0133. The first-order valence-electron chi connectivity index (χ1n) is 10.2. The molecule has 0 aliphatic carbocycles. The number of amides is 3. The van der Waals surface area contributed by atoms with Gasteiger partial charge < -0.3 is 19.9 Å². The summed E-state index contributed by atoms with van der Waals surface area (Å²) >= 11 is 0. The Morgan fingerprint density at radius 3 is 2.53 bits per heavy atom. The molecule has 0 bridgehead atoms. The fourth-order valence-corrected chi connectivity index (χ4v) is 4.51. The number of ether oxygens (including phenoxy) is 1. The van der Waals surface area contributed by atoms with Crippen molar-refractivity contribution in [2.24, 2.45) is 5.41 Å². The lowest BCUT2D eigenvalue weighted by molar-refractivity contribution is 0.0538. The normalized spacial score (nSPS) is 21.0. The van der Waals surface area contributed by atoms with Gasteiger partial charge >= 0.3 is 6.03 Å². The summed E-state index contributed by atoms with van der Waals surface area (Å²) in [4.78, 5) is 29.3. The Bertz CT molecular complexity index is 934. The third-order valence-corrected chi connectivity index (χ3v) is 6.09. The summed E-state index contributed by atoms with van der Waals surface area (Å²) in [7, 11) is 1.60. The molecule has 4 rings (SSSR count). The molecule has 2 aromatic rings. The molecule has 1 N–H and O–H groups in total. The van der Waals surface area contributed by atoms with Gasteiger partial charge in [0.2, 0.25) is 0 Å². The van der Waals surface area contributed by atoms with Crippen LogP contribution in [0.2, 0.25) is 0 Å². The highest BCUT2D eigenvalue weighted by molar-refractivity contribution is 5.94. The minimum atomic E-state index is -0.384. The Morgan fingerprint density at radius 1 is 1.03 bits per heavy atom. The van der Waals surface area contributed by atoms with Crippen LogP contribution in [0.4, 0.5) is 14.9 Å². The van der Waals surface area contributed by atoms with Crippen LogP contribution in [0, 0.1) is 11.2 Å². The average molecular weight is 411 g/mol. The van der Waals surface area contributed by atoms with Crippen molar-refractivity contribution in [3.8, 4) is 5.75 Å². The maximum Gasteiger partial charge on any atom is 0.321 e. The number of piperidine rings is 1. The number of carbonyl (C=O) groups excluding carboxylic acids is 2. The fraction of sp³-hybridized carbons (Fsp3) is 0.391. The number of rotatable bonds is 3. The number of carbonyl (C=O) groups is 2. The summed E-state index contributed by atoms with van der Waals surface area (Å²) in [5.74, 6) is 0.349. The molecule has 0 unspecified atom stereocenters. The third-order valence-electron chi connectivity index (χ3n) is 6.09. The average Bonchev–Trinajstić information content (AvgIpc) is 3.16. The first-order valence-corrected chi connectivity index (χ1v) is 10.2. The van der Waals surface area contributed by atoms with E-state index < -0.39 is 0 Å². The van der Waals surface area contributed by atoms with E-state index in [-0.39, 0.29) is 23.2 Å². The lowest BCUT2D eigenvalue weighted by Gasteiger charge is -2.40. The molecule has 1 spiro atoms. The summed E-state index contributed by atoms with van der Waals surface area (Å²) in [5.41, 5.74) is 1.01. The van der Waals surface area contributed by atoms with Crippen molar-refractivity contribution in [3.63, 3.8) is 0 Å². The van der Waals surface area contributed by atoms with E-state index in [0.717, 1.165) is 31.6 Å². The standard InChI is InChI=1S/C23H26FN3O3/c1-30-20-8-6-17(7-9-20)21(28)26-12-3-10-23(15-26)11-13-27(16-23)22(29)25-19-5-2-4-18(24)14-19/h2,4-9,14H,3,10-13,15-16H2,1H3,(H,25,29)/t23-/m1/s1. The van der Waals surface area contributed by atoms with Crippen LogP contribution in [0.3, 0.4) is 0 Å². The molecule has 0 aromatic heterocycles. The zero-order chi connectivity index (χ0) is 21.1. The summed E-state index contributed by atoms with van der Waals surface area (Å²) in [6, 6.07) is 12.8. The summed E-state index contributed by atoms with van der Waals surface area (Å²) in [6.07, 6.45) is 2.76. The van der Waals surface area contributed by atoms with Gasteiger partial charge in [0.05, 0.1) is 7.11 Å². The molecule has 2 aliphatic heterocycles. The summed E-state index contributed by atoms with van der Waals surface area (Å²) in [5, 5.41) is 2.77. The Morgan fingerprint density at radius 2 is 1.80 bits per heavy atom. The van der Waals surface area contributed by atoms with E-state index in [1.165, 1.54) is 12.1 Å². The Kier molecular flexibility index (Phi) is 5.61. The summed E-state index contributed by atoms with van der Waals surface area (Å²) in [6.45, 7) is 2.59. The van der Waals surface area contributed by atoms with Crippen LogP contribution in [0.25, 0.3) is 0 Å². The number of anilines is 1. The van der Waals surface area contributed by atoms with Gasteiger partial charge in [-0.3, -0.25) is 4.79 Å². The molecule has 7 heteroatoms. The third kappa shape index (κ3) is 4.25. The quantitative estimate of drug-likeness (QED) is 0.831. The second-order valence-corrected chi connectivity index (χ2v) is 8.17.